The van der Waals surface area contributed by atoms with Crippen molar-refractivity contribution in [3.8, 4) is 6.07 Å². The average Bonchev–Trinajstić information content (AvgIpc) is 3.27. The third-order valence-corrected chi connectivity index (χ3v) is 4.24. The maximum absolute atomic E-state index is 13.3. The minimum absolute atomic E-state index is 0.148. The maximum Gasteiger partial charge on any atom is 0.140 e. The van der Waals surface area contributed by atoms with Gasteiger partial charge in [-0.1, -0.05) is 6.07 Å². The molecule has 3 rings (SSSR count). The Hall–Kier alpha value is -1.44. The zero-order valence-electron chi connectivity index (χ0n) is 11.7. The van der Waals surface area contributed by atoms with Crippen LogP contribution in [0, 0.1) is 23.1 Å². The molecule has 1 aliphatic carbocycles. The van der Waals surface area contributed by atoms with Gasteiger partial charge in [0.1, 0.15) is 11.9 Å². The number of halogens is 1. The van der Waals surface area contributed by atoms with Crippen LogP contribution in [0.5, 0.6) is 0 Å². The van der Waals surface area contributed by atoms with Crippen LogP contribution in [-0.2, 0) is 6.54 Å². The van der Waals surface area contributed by atoms with Gasteiger partial charge in [-0.25, -0.2) is 4.39 Å². The summed E-state index contributed by atoms with van der Waals surface area (Å²) in [5.74, 6) is 0.530. The largest absolute Gasteiger partial charge is 0.301 e. The lowest BCUT2D eigenvalue weighted by Gasteiger charge is -2.34. The summed E-state index contributed by atoms with van der Waals surface area (Å²) in [7, 11) is 0. The molecule has 4 heteroatoms. The molecule has 0 spiro atoms. The maximum atomic E-state index is 13.3. The van der Waals surface area contributed by atoms with Crippen LogP contribution in [0.2, 0.25) is 0 Å². The summed E-state index contributed by atoms with van der Waals surface area (Å²) in [5, 5.41) is 8.86. The number of piperazine rings is 1. The molecule has 0 aromatic heterocycles. The van der Waals surface area contributed by atoms with Crippen molar-refractivity contribution >= 4 is 0 Å². The van der Waals surface area contributed by atoms with Crippen molar-refractivity contribution in [1.29, 1.82) is 5.26 Å². The highest BCUT2D eigenvalue weighted by Gasteiger charge is 2.26. The Kier molecular flexibility index (Phi) is 4.00. The lowest BCUT2D eigenvalue weighted by atomic mass is 10.1. The van der Waals surface area contributed by atoms with Crippen molar-refractivity contribution in [2.24, 2.45) is 5.92 Å². The summed E-state index contributed by atoms with van der Waals surface area (Å²) in [6, 6.07) is 6.76. The molecule has 1 saturated heterocycles. The summed E-state index contributed by atoms with van der Waals surface area (Å²) in [6.07, 6.45) is 2.82. The molecule has 1 heterocycles. The number of rotatable bonds is 4. The van der Waals surface area contributed by atoms with Crippen LogP contribution < -0.4 is 0 Å². The minimum atomic E-state index is -0.425. The second-order valence-corrected chi connectivity index (χ2v) is 5.95. The molecular weight excluding hydrogens is 253 g/mol. The van der Waals surface area contributed by atoms with E-state index in [1.165, 1.54) is 25.5 Å². The number of nitrogens with zero attached hydrogens (tertiary/aromatic N) is 3. The summed E-state index contributed by atoms with van der Waals surface area (Å²) in [6.45, 7) is 6.46. The predicted molar refractivity (Wildman–Crippen MR) is 75.6 cm³/mol. The van der Waals surface area contributed by atoms with Gasteiger partial charge in [0.25, 0.3) is 0 Å². The SMILES string of the molecule is N#Cc1cc(CN2CCN(CC3CC3)CC2)ccc1F. The molecule has 1 saturated carbocycles. The highest BCUT2D eigenvalue weighted by atomic mass is 19.1. The van der Waals surface area contributed by atoms with Crippen LogP contribution in [0.4, 0.5) is 4.39 Å². The third-order valence-electron chi connectivity index (χ3n) is 4.24. The Morgan fingerprint density at radius 2 is 1.85 bits per heavy atom. The molecule has 0 unspecified atom stereocenters. The van der Waals surface area contributed by atoms with E-state index >= 15 is 0 Å². The highest BCUT2D eigenvalue weighted by molar-refractivity contribution is 5.34. The Morgan fingerprint density at radius 3 is 2.50 bits per heavy atom. The molecule has 106 valence electrons. The molecule has 0 radical (unpaired) electrons. The van der Waals surface area contributed by atoms with Crippen molar-refractivity contribution in [1.82, 2.24) is 9.80 Å². The van der Waals surface area contributed by atoms with Gasteiger partial charge in [0.15, 0.2) is 0 Å². The van der Waals surface area contributed by atoms with E-state index in [-0.39, 0.29) is 5.56 Å². The minimum Gasteiger partial charge on any atom is -0.301 e. The zero-order chi connectivity index (χ0) is 13.9. The monoisotopic (exact) mass is 273 g/mol. The quantitative estimate of drug-likeness (QED) is 0.842. The smallest absolute Gasteiger partial charge is 0.140 e. The summed E-state index contributed by atoms with van der Waals surface area (Å²) in [5.41, 5.74) is 1.17. The fourth-order valence-electron chi connectivity index (χ4n) is 2.81. The van der Waals surface area contributed by atoms with Crippen molar-refractivity contribution in [3.05, 3.63) is 35.1 Å². The Balaban J connectivity index is 1.52. The Bertz CT molecular complexity index is 511. The molecule has 0 atom stereocenters. The van der Waals surface area contributed by atoms with Crippen molar-refractivity contribution in [2.75, 3.05) is 32.7 Å². The molecule has 0 bridgehead atoms. The standard InChI is InChI=1S/C16H20FN3/c17-16-4-3-14(9-15(16)10-18)12-20-7-5-19(6-8-20)11-13-1-2-13/h3-4,9,13H,1-2,5-8,11-12H2. The first-order chi connectivity index (χ1) is 9.74. The van der Waals surface area contributed by atoms with Crippen molar-refractivity contribution in [2.45, 2.75) is 19.4 Å². The summed E-state index contributed by atoms with van der Waals surface area (Å²) < 4.78 is 13.3. The second kappa shape index (κ2) is 5.90. The molecule has 0 amide bonds. The molecular formula is C16H20FN3. The van der Waals surface area contributed by atoms with E-state index in [2.05, 4.69) is 9.80 Å². The van der Waals surface area contributed by atoms with E-state index < -0.39 is 5.82 Å². The fraction of sp³-hybridized carbons (Fsp3) is 0.562. The first kappa shape index (κ1) is 13.5. The normalized spacial score (nSPS) is 20.8. The van der Waals surface area contributed by atoms with E-state index in [1.54, 1.807) is 12.1 Å². The number of hydrogen-bond acceptors (Lipinski definition) is 3. The fourth-order valence-corrected chi connectivity index (χ4v) is 2.81. The molecule has 20 heavy (non-hydrogen) atoms. The zero-order valence-corrected chi connectivity index (χ0v) is 11.7. The molecule has 1 aromatic carbocycles. The van der Waals surface area contributed by atoms with Gasteiger partial charge in [0.05, 0.1) is 5.56 Å². The van der Waals surface area contributed by atoms with E-state index in [9.17, 15) is 4.39 Å². The lowest BCUT2D eigenvalue weighted by Crippen LogP contribution is -2.46. The van der Waals surface area contributed by atoms with E-state index in [0.29, 0.717) is 0 Å². The highest BCUT2D eigenvalue weighted by Crippen LogP contribution is 2.30. The van der Waals surface area contributed by atoms with Crippen LogP contribution in [0.1, 0.15) is 24.0 Å². The van der Waals surface area contributed by atoms with E-state index in [4.69, 9.17) is 5.26 Å². The van der Waals surface area contributed by atoms with Gasteiger partial charge in [0, 0.05) is 39.3 Å². The van der Waals surface area contributed by atoms with Gasteiger partial charge in [-0.15, -0.1) is 0 Å². The topological polar surface area (TPSA) is 30.3 Å². The van der Waals surface area contributed by atoms with Gasteiger partial charge in [-0.2, -0.15) is 5.26 Å². The van der Waals surface area contributed by atoms with Crippen LogP contribution in [0.3, 0.4) is 0 Å². The predicted octanol–water partition coefficient (Wildman–Crippen LogP) is 2.22. The second-order valence-electron chi connectivity index (χ2n) is 5.95. The van der Waals surface area contributed by atoms with Gasteiger partial charge >= 0.3 is 0 Å². The van der Waals surface area contributed by atoms with Crippen molar-refractivity contribution in [3.63, 3.8) is 0 Å². The summed E-state index contributed by atoms with van der Waals surface area (Å²) >= 11 is 0. The lowest BCUT2D eigenvalue weighted by molar-refractivity contribution is 0.123. The first-order valence-electron chi connectivity index (χ1n) is 7.38. The van der Waals surface area contributed by atoms with Crippen LogP contribution in [0.15, 0.2) is 18.2 Å². The van der Waals surface area contributed by atoms with E-state index in [0.717, 1.165) is 44.2 Å². The van der Waals surface area contributed by atoms with Crippen molar-refractivity contribution < 1.29 is 4.39 Å². The number of nitriles is 1. The molecule has 3 nitrogen and oxygen atoms in total. The van der Waals surface area contributed by atoms with E-state index in [1.807, 2.05) is 6.07 Å². The first-order valence-corrected chi connectivity index (χ1v) is 7.38. The molecule has 2 fully saturated rings. The van der Waals surface area contributed by atoms with Gasteiger partial charge < -0.3 is 4.90 Å². The van der Waals surface area contributed by atoms with Crippen LogP contribution in [0.25, 0.3) is 0 Å². The third kappa shape index (κ3) is 3.36. The van der Waals surface area contributed by atoms with Gasteiger partial charge in [-0.05, 0) is 36.5 Å². The Morgan fingerprint density at radius 1 is 1.15 bits per heavy atom. The number of hydrogen-bond donors (Lipinski definition) is 0. The molecule has 2 aliphatic rings. The van der Waals surface area contributed by atoms with Gasteiger partial charge in [-0.3, -0.25) is 4.90 Å². The molecule has 1 aliphatic heterocycles. The Labute approximate surface area is 119 Å². The molecule has 1 aromatic rings. The molecule has 0 N–H and O–H groups in total. The number of benzene rings is 1. The average molecular weight is 273 g/mol. The van der Waals surface area contributed by atoms with Crippen LogP contribution in [-0.4, -0.2) is 42.5 Å². The van der Waals surface area contributed by atoms with Gasteiger partial charge in [0.2, 0.25) is 0 Å². The summed E-state index contributed by atoms with van der Waals surface area (Å²) in [4.78, 5) is 4.94. The van der Waals surface area contributed by atoms with Crippen LogP contribution >= 0.6 is 0 Å².